The van der Waals surface area contributed by atoms with Gasteiger partial charge in [-0.1, -0.05) is 24.3 Å². The third kappa shape index (κ3) is 5.58. The predicted molar refractivity (Wildman–Crippen MR) is 126 cm³/mol. The van der Waals surface area contributed by atoms with Gasteiger partial charge >= 0.3 is 0 Å². The van der Waals surface area contributed by atoms with Crippen LogP contribution in [0.3, 0.4) is 0 Å². The normalized spacial score (nSPS) is 20.5. The number of benzene rings is 1. The van der Waals surface area contributed by atoms with Crippen molar-refractivity contribution in [2.24, 2.45) is 5.92 Å². The molecule has 3 N–H and O–H groups in total. The van der Waals surface area contributed by atoms with Crippen LogP contribution in [0, 0.1) is 17.6 Å². The summed E-state index contributed by atoms with van der Waals surface area (Å²) in [7, 11) is 1.45. The Labute approximate surface area is 197 Å². The summed E-state index contributed by atoms with van der Waals surface area (Å²) in [6.07, 6.45) is 5.38. The molecule has 2 aromatic heterocycles. The number of aliphatic hydroxyl groups is 2. The van der Waals surface area contributed by atoms with Gasteiger partial charge in [0.15, 0.2) is 0 Å². The highest BCUT2D eigenvalue weighted by atomic mass is 19.1. The Balaban J connectivity index is 1.34. The molecule has 0 radical (unpaired) electrons. The first-order valence-electron chi connectivity index (χ1n) is 11.5. The van der Waals surface area contributed by atoms with Crippen LogP contribution in [0.4, 0.5) is 8.78 Å². The van der Waals surface area contributed by atoms with E-state index in [4.69, 9.17) is 4.74 Å². The Morgan fingerprint density at radius 2 is 1.94 bits per heavy atom. The topological polar surface area (TPSA) is 87.5 Å². The molecular weight excluding hydrogens is 440 g/mol. The smallest absolute Gasteiger partial charge is 0.213 e. The molecule has 8 heteroatoms. The maximum Gasteiger partial charge on any atom is 0.213 e. The van der Waals surface area contributed by atoms with Crippen LogP contribution in [0.5, 0.6) is 5.88 Å². The minimum absolute atomic E-state index is 0.0564. The van der Waals surface area contributed by atoms with Crippen molar-refractivity contribution in [1.82, 2.24) is 15.3 Å². The van der Waals surface area contributed by atoms with Gasteiger partial charge in [-0.15, -0.1) is 0 Å². The first kappa shape index (κ1) is 24.2. The molecule has 0 spiro atoms. The number of hydrogen-bond acceptors (Lipinski definition) is 6. The number of aliphatic hydroxyl groups excluding tert-OH is 2. The molecular formula is C26H29F2N3O3. The molecule has 1 saturated carbocycles. The van der Waals surface area contributed by atoms with E-state index >= 15 is 0 Å². The summed E-state index contributed by atoms with van der Waals surface area (Å²) in [6.45, 7) is 0.652. The quantitative estimate of drug-likeness (QED) is 0.459. The lowest BCUT2D eigenvalue weighted by molar-refractivity contribution is -0.0315. The Bertz CT molecular complexity index is 1150. The van der Waals surface area contributed by atoms with E-state index in [1.54, 1.807) is 18.2 Å². The molecule has 6 nitrogen and oxygen atoms in total. The number of nitrogens with zero attached hydrogens (tertiary/aromatic N) is 2. The maximum absolute atomic E-state index is 14.7. The molecule has 0 saturated heterocycles. The summed E-state index contributed by atoms with van der Waals surface area (Å²) in [6, 6.07) is 9.95. The van der Waals surface area contributed by atoms with E-state index in [9.17, 15) is 19.0 Å². The Hall–Kier alpha value is -2.94. The molecule has 1 fully saturated rings. The van der Waals surface area contributed by atoms with Crippen molar-refractivity contribution in [1.29, 1.82) is 0 Å². The van der Waals surface area contributed by atoms with E-state index in [1.807, 2.05) is 18.2 Å². The number of nitrogens with one attached hydrogen (secondary N) is 1. The summed E-state index contributed by atoms with van der Waals surface area (Å²) in [5, 5.41) is 25.3. The highest BCUT2D eigenvalue weighted by Crippen LogP contribution is 2.35. The molecule has 180 valence electrons. The van der Waals surface area contributed by atoms with Crippen LogP contribution >= 0.6 is 0 Å². The highest BCUT2D eigenvalue weighted by Gasteiger charge is 2.33. The predicted octanol–water partition coefficient (Wildman–Crippen LogP) is 4.17. The minimum Gasteiger partial charge on any atom is -0.481 e. The molecule has 1 aliphatic carbocycles. The molecule has 2 heterocycles. The number of methoxy groups -OCH3 is 1. The summed E-state index contributed by atoms with van der Waals surface area (Å²) in [5.74, 6) is -0.853. The van der Waals surface area contributed by atoms with Crippen LogP contribution in [-0.4, -0.2) is 46.0 Å². The van der Waals surface area contributed by atoms with Crippen LogP contribution in [0.15, 0.2) is 48.7 Å². The van der Waals surface area contributed by atoms with Crippen LogP contribution in [-0.2, 0) is 0 Å². The maximum atomic E-state index is 14.7. The zero-order valence-corrected chi connectivity index (χ0v) is 19.0. The second kappa shape index (κ2) is 11.0. The van der Waals surface area contributed by atoms with E-state index in [2.05, 4.69) is 15.3 Å². The molecule has 1 aromatic carbocycles. The number of aromatic nitrogens is 2. The lowest BCUT2D eigenvalue weighted by atomic mass is 9.80. The molecule has 0 bridgehead atoms. The SMILES string of the molecule is COc1ccc2ncc(F)c([C@@H](O)[C@H](O)[C@H]3CC[C@H](NC/C=C/c4cccc(F)c4)CC3)c2n1. The van der Waals surface area contributed by atoms with E-state index in [-0.39, 0.29) is 34.7 Å². The standard InChI is InChI=1S/C26H29F2N3O3/c1-34-22-12-11-21-24(31-22)23(20(28)15-30-21)26(33)25(32)17-7-9-19(10-8-17)29-13-3-5-16-4-2-6-18(27)14-16/h2-6,11-12,14-15,17,19,25-26,29,32-33H,7-10,13H2,1H3/b5-3+/t17-,19-,25-,26-/m1/s1. The van der Waals surface area contributed by atoms with E-state index in [0.29, 0.717) is 24.9 Å². The molecule has 34 heavy (non-hydrogen) atoms. The molecule has 0 amide bonds. The lowest BCUT2D eigenvalue weighted by Gasteiger charge is -2.34. The van der Waals surface area contributed by atoms with Gasteiger partial charge in [0.25, 0.3) is 0 Å². The van der Waals surface area contributed by atoms with Gasteiger partial charge in [0.2, 0.25) is 5.88 Å². The van der Waals surface area contributed by atoms with Gasteiger partial charge < -0.3 is 20.3 Å². The van der Waals surface area contributed by atoms with Crippen molar-refractivity contribution < 1.29 is 23.7 Å². The number of pyridine rings is 2. The summed E-state index contributed by atoms with van der Waals surface area (Å²) < 4.78 is 33.0. The Morgan fingerprint density at radius 3 is 2.68 bits per heavy atom. The van der Waals surface area contributed by atoms with E-state index in [0.717, 1.165) is 24.6 Å². The summed E-state index contributed by atoms with van der Waals surface area (Å²) in [5.41, 5.74) is 1.36. The average Bonchev–Trinajstić information content (AvgIpc) is 2.86. The Morgan fingerprint density at radius 1 is 1.15 bits per heavy atom. The van der Waals surface area contributed by atoms with Crippen LogP contribution in [0.25, 0.3) is 17.1 Å². The van der Waals surface area contributed by atoms with Crippen molar-refractivity contribution in [2.75, 3.05) is 13.7 Å². The number of hydrogen-bond donors (Lipinski definition) is 3. The molecule has 3 aromatic rings. The van der Waals surface area contributed by atoms with Crippen molar-refractivity contribution in [3.8, 4) is 5.88 Å². The molecule has 0 aliphatic heterocycles. The third-order valence-corrected chi connectivity index (χ3v) is 6.44. The molecule has 4 rings (SSSR count). The third-order valence-electron chi connectivity index (χ3n) is 6.44. The Kier molecular flexibility index (Phi) is 7.82. The first-order chi connectivity index (χ1) is 16.5. The first-order valence-corrected chi connectivity index (χ1v) is 11.5. The monoisotopic (exact) mass is 469 g/mol. The fraction of sp³-hybridized carbons (Fsp3) is 0.385. The zero-order chi connectivity index (χ0) is 24.1. The van der Waals surface area contributed by atoms with Gasteiger partial charge in [0, 0.05) is 24.2 Å². The highest BCUT2D eigenvalue weighted by molar-refractivity contribution is 5.78. The fourth-order valence-electron chi connectivity index (χ4n) is 4.57. The number of halogens is 2. The zero-order valence-electron chi connectivity index (χ0n) is 19.0. The summed E-state index contributed by atoms with van der Waals surface area (Å²) in [4.78, 5) is 8.27. The van der Waals surface area contributed by atoms with Crippen molar-refractivity contribution >= 4 is 17.1 Å². The average molecular weight is 470 g/mol. The van der Waals surface area contributed by atoms with Crippen molar-refractivity contribution in [3.63, 3.8) is 0 Å². The second-order valence-corrected chi connectivity index (χ2v) is 8.65. The lowest BCUT2D eigenvalue weighted by Crippen LogP contribution is -2.38. The van der Waals surface area contributed by atoms with Crippen LogP contribution in [0.1, 0.15) is 42.9 Å². The van der Waals surface area contributed by atoms with Gasteiger partial charge in [-0.05, 0) is 55.4 Å². The molecule has 2 atom stereocenters. The molecule has 0 unspecified atom stereocenters. The molecule has 1 aliphatic rings. The van der Waals surface area contributed by atoms with Gasteiger partial charge in [-0.3, -0.25) is 4.98 Å². The van der Waals surface area contributed by atoms with E-state index < -0.39 is 18.0 Å². The number of fused-ring (bicyclic) bond motifs is 1. The van der Waals surface area contributed by atoms with Gasteiger partial charge in [0.1, 0.15) is 23.3 Å². The van der Waals surface area contributed by atoms with Gasteiger partial charge in [0.05, 0.1) is 24.9 Å². The fourth-order valence-corrected chi connectivity index (χ4v) is 4.57. The van der Waals surface area contributed by atoms with Crippen LogP contribution < -0.4 is 10.1 Å². The number of ether oxygens (including phenoxy) is 1. The second-order valence-electron chi connectivity index (χ2n) is 8.65. The number of rotatable bonds is 8. The minimum atomic E-state index is -1.42. The van der Waals surface area contributed by atoms with Gasteiger partial charge in [-0.2, -0.15) is 0 Å². The largest absolute Gasteiger partial charge is 0.481 e. The van der Waals surface area contributed by atoms with Crippen molar-refractivity contribution in [3.05, 3.63) is 71.4 Å². The van der Waals surface area contributed by atoms with Crippen molar-refractivity contribution in [2.45, 2.75) is 43.9 Å². The van der Waals surface area contributed by atoms with E-state index in [1.165, 1.54) is 19.2 Å². The van der Waals surface area contributed by atoms with Gasteiger partial charge in [-0.25, -0.2) is 13.8 Å². The summed E-state index contributed by atoms with van der Waals surface area (Å²) >= 11 is 0. The van der Waals surface area contributed by atoms with Crippen LogP contribution in [0.2, 0.25) is 0 Å².